The second kappa shape index (κ2) is 5.54. The monoisotopic (exact) mass is 300 g/mol. The fourth-order valence-electron chi connectivity index (χ4n) is 1.79. The lowest BCUT2D eigenvalue weighted by molar-refractivity contribution is 0.0521. The topological polar surface area (TPSA) is 35.5 Å². The number of carbonyl (C=O) groups is 1. The van der Waals surface area contributed by atoms with Crippen molar-refractivity contribution in [1.29, 1.82) is 0 Å². The predicted octanol–water partition coefficient (Wildman–Crippen LogP) is 3.56. The van der Waals surface area contributed by atoms with Crippen molar-refractivity contribution in [1.82, 2.24) is 0 Å². The van der Waals surface area contributed by atoms with Crippen molar-refractivity contribution >= 4 is 21.9 Å². The second-order valence-corrected chi connectivity index (χ2v) is 4.61. The summed E-state index contributed by atoms with van der Waals surface area (Å²) >= 11 is 3.50. The smallest absolute Gasteiger partial charge is 0.342 e. The molecule has 1 aromatic rings. The molecular weight excluding hydrogens is 284 g/mol. The van der Waals surface area contributed by atoms with Crippen molar-refractivity contribution < 1.29 is 14.3 Å². The van der Waals surface area contributed by atoms with Crippen molar-refractivity contribution in [2.45, 2.75) is 27.7 Å². The minimum atomic E-state index is -0.342. The Hall–Kier alpha value is -1.03. The Morgan fingerprint density at radius 2 is 1.76 bits per heavy atom. The first kappa shape index (κ1) is 14.0. The predicted molar refractivity (Wildman–Crippen MR) is 70.9 cm³/mol. The molecule has 0 aliphatic rings. The zero-order valence-corrected chi connectivity index (χ0v) is 12.4. The molecular formula is C13H17BrO3. The molecule has 17 heavy (non-hydrogen) atoms. The number of esters is 1. The Bertz CT molecular complexity index is 453. The molecule has 0 saturated carbocycles. The van der Waals surface area contributed by atoms with Crippen molar-refractivity contribution in [3.8, 4) is 5.75 Å². The Morgan fingerprint density at radius 1 is 1.18 bits per heavy atom. The van der Waals surface area contributed by atoms with Gasteiger partial charge in [-0.1, -0.05) is 15.9 Å². The molecule has 0 fully saturated rings. The van der Waals surface area contributed by atoms with Gasteiger partial charge in [0.25, 0.3) is 0 Å². The molecule has 0 aliphatic heterocycles. The summed E-state index contributed by atoms with van der Waals surface area (Å²) in [5.74, 6) is 0.257. The van der Waals surface area contributed by atoms with E-state index in [9.17, 15) is 4.79 Å². The minimum Gasteiger partial charge on any atom is -0.496 e. The van der Waals surface area contributed by atoms with Gasteiger partial charge in [0.1, 0.15) is 11.3 Å². The highest BCUT2D eigenvalue weighted by molar-refractivity contribution is 9.10. The maximum Gasteiger partial charge on any atom is 0.342 e. The van der Waals surface area contributed by atoms with Gasteiger partial charge in [-0.25, -0.2) is 4.79 Å². The van der Waals surface area contributed by atoms with Gasteiger partial charge in [0, 0.05) is 4.47 Å². The van der Waals surface area contributed by atoms with E-state index in [0.717, 1.165) is 21.2 Å². The van der Waals surface area contributed by atoms with Crippen LogP contribution in [0.2, 0.25) is 0 Å². The average Bonchev–Trinajstić information content (AvgIpc) is 2.31. The highest BCUT2D eigenvalue weighted by Gasteiger charge is 2.22. The van der Waals surface area contributed by atoms with E-state index < -0.39 is 0 Å². The van der Waals surface area contributed by atoms with Gasteiger partial charge in [0.2, 0.25) is 0 Å². The number of carbonyl (C=O) groups excluding carboxylic acids is 1. The minimum absolute atomic E-state index is 0.342. The van der Waals surface area contributed by atoms with Crippen LogP contribution in [0.1, 0.15) is 34.0 Å². The molecule has 1 aromatic carbocycles. The number of hydrogen-bond donors (Lipinski definition) is 0. The lowest BCUT2D eigenvalue weighted by atomic mass is 9.99. The summed E-state index contributed by atoms with van der Waals surface area (Å²) < 4.78 is 11.3. The van der Waals surface area contributed by atoms with E-state index in [1.165, 1.54) is 0 Å². The lowest BCUT2D eigenvalue weighted by Gasteiger charge is -2.17. The summed E-state index contributed by atoms with van der Waals surface area (Å²) in [5.41, 5.74) is 3.38. The molecule has 94 valence electrons. The van der Waals surface area contributed by atoms with E-state index in [-0.39, 0.29) is 5.97 Å². The second-order valence-electron chi connectivity index (χ2n) is 3.82. The van der Waals surface area contributed by atoms with Crippen LogP contribution < -0.4 is 4.74 Å². The zero-order chi connectivity index (χ0) is 13.2. The highest BCUT2D eigenvalue weighted by atomic mass is 79.9. The van der Waals surface area contributed by atoms with Gasteiger partial charge in [-0.3, -0.25) is 0 Å². The number of hydrogen-bond acceptors (Lipinski definition) is 3. The molecule has 0 N–H and O–H groups in total. The molecule has 0 atom stereocenters. The maximum atomic E-state index is 11.9. The Balaban J connectivity index is 3.52. The molecule has 0 spiro atoms. The number of methoxy groups -OCH3 is 1. The Morgan fingerprint density at radius 3 is 2.24 bits per heavy atom. The summed E-state index contributed by atoms with van der Waals surface area (Å²) in [6.07, 6.45) is 0. The van der Waals surface area contributed by atoms with Gasteiger partial charge in [0.05, 0.1) is 13.7 Å². The molecule has 0 saturated heterocycles. The van der Waals surface area contributed by atoms with E-state index in [0.29, 0.717) is 17.9 Å². The quantitative estimate of drug-likeness (QED) is 0.801. The third-order valence-electron chi connectivity index (χ3n) is 2.85. The maximum absolute atomic E-state index is 11.9. The fourth-order valence-corrected chi connectivity index (χ4v) is 2.28. The first-order valence-electron chi connectivity index (χ1n) is 5.46. The van der Waals surface area contributed by atoms with Crippen LogP contribution >= 0.6 is 15.9 Å². The zero-order valence-electron chi connectivity index (χ0n) is 10.8. The number of halogens is 1. The summed E-state index contributed by atoms with van der Waals surface area (Å²) in [4.78, 5) is 11.9. The van der Waals surface area contributed by atoms with Gasteiger partial charge >= 0.3 is 5.97 Å². The first-order chi connectivity index (χ1) is 7.95. The lowest BCUT2D eigenvalue weighted by Crippen LogP contribution is -2.11. The average molecular weight is 301 g/mol. The molecule has 1 rings (SSSR count). The van der Waals surface area contributed by atoms with Crippen molar-refractivity contribution in [2.75, 3.05) is 13.7 Å². The van der Waals surface area contributed by atoms with Crippen LogP contribution in [0.25, 0.3) is 0 Å². The van der Waals surface area contributed by atoms with E-state index in [1.807, 2.05) is 20.8 Å². The van der Waals surface area contributed by atoms with E-state index in [2.05, 4.69) is 15.9 Å². The molecule has 0 aliphatic carbocycles. The van der Waals surface area contributed by atoms with Gasteiger partial charge in [-0.15, -0.1) is 0 Å². The third-order valence-corrected chi connectivity index (χ3v) is 4.04. The largest absolute Gasteiger partial charge is 0.496 e. The molecule has 0 unspecified atom stereocenters. The molecule has 0 heterocycles. The van der Waals surface area contributed by atoms with E-state index in [1.54, 1.807) is 14.0 Å². The molecule has 0 aromatic heterocycles. The Labute approximate surface area is 110 Å². The molecule has 0 radical (unpaired) electrons. The summed E-state index contributed by atoms with van der Waals surface area (Å²) in [7, 11) is 1.57. The van der Waals surface area contributed by atoms with Crippen LogP contribution in [0.4, 0.5) is 0 Å². The van der Waals surface area contributed by atoms with Crippen LogP contribution in [0.15, 0.2) is 4.47 Å². The van der Waals surface area contributed by atoms with Crippen molar-refractivity contribution in [3.05, 3.63) is 26.7 Å². The van der Waals surface area contributed by atoms with Gasteiger partial charge < -0.3 is 9.47 Å². The van der Waals surface area contributed by atoms with Crippen molar-refractivity contribution in [2.24, 2.45) is 0 Å². The van der Waals surface area contributed by atoms with Gasteiger partial charge in [-0.2, -0.15) is 0 Å². The van der Waals surface area contributed by atoms with Gasteiger partial charge in [-0.05, 0) is 44.4 Å². The Kier molecular flexibility index (Phi) is 4.57. The third kappa shape index (κ3) is 2.46. The molecule has 0 amide bonds. The first-order valence-corrected chi connectivity index (χ1v) is 6.25. The normalized spacial score (nSPS) is 10.2. The number of rotatable bonds is 3. The summed E-state index contributed by atoms with van der Waals surface area (Å²) in [6, 6.07) is 0. The molecule has 3 nitrogen and oxygen atoms in total. The summed E-state index contributed by atoms with van der Waals surface area (Å²) in [5, 5.41) is 0. The standard InChI is InChI=1S/C13H17BrO3/c1-6-17-13(15)10-9(4)11(14)7(2)8(3)12(10)16-5/h6H2,1-5H3. The molecule has 4 heteroatoms. The number of ether oxygens (including phenoxy) is 2. The number of benzene rings is 1. The highest BCUT2D eigenvalue weighted by Crippen LogP contribution is 2.36. The van der Waals surface area contributed by atoms with Crippen LogP contribution in [-0.2, 0) is 4.74 Å². The van der Waals surface area contributed by atoms with E-state index >= 15 is 0 Å². The SMILES string of the molecule is CCOC(=O)c1c(C)c(Br)c(C)c(C)c1OC. The van der Waals surface area contributed by atoms with Crippen molar-refractivity contribution in [3.63, 3.8) is 0 Å². The van der Waals surface area contributed by atoms with E-state index in [4.69, 9.17) is 9.47 Å². The fraction of sp³-hybridized carbons (Fsp3) is 0.462. The molecule has 0 bridgehead atoms. The van der Waals surface area contributed by atoms with Crippen LogP contribution in [0, 0.1) is 20.8 Å². The van der Waals surface area contributed by atoms with Crippen LogP contribution in [0.3, 0.4) is 0 Å². The summed E-state index contributed by atoms with van der Waals surface area (Å²) in [6.45, 7) is 7.94. The van der Waals surface area contributed by atoms with Gasteiger partial charge in [0.15, 0.2) is 0 Å². The van der Waals surface area contributed by atoms with Crippen LogP contribution in [-0.4, -0.2) is 19.7 Å². The van der Waals surface area contributed by atoms with Crippen LogP contribution in [0.5, 0.6) is 5.75 Å².